The Hall–Kier alpha value is -1.71. The summed E-state index contributed by atoms with van der Waals surface area (Å²) < 4.78 is 5.90. The Bertz CT molecular complexity index is 461. The van der Waals surface area contributed by atoms with Gasteiger partial charge in [0.2, 0.25) is 0 Å². The summed E-state index contributed by atoms with van der Waals surface area (Å²) >= 11 is 0. The molecule has 0 saturated heterocycles. The summed E-state index contributed by atoms with van der Waals surface area (Å²) in [7, 11) is 1.81. The van der Waals surface area contributed by atoms with Crippen LogP contribution in [-0.4, -0.2) is 31.7 Å². The number of guanidine groups is 1. The van der Waals surface area contributed by atoms with Crippen LogP contribution in [-0.2, 0) is 6.42 Å². The monoisotopic (exact) mass is 259 g/mol. The SMILES string of the molecule is CN=C(NCC1Cc2ccccc2O1)NC1CC1C. The van der Waals surface area contributed by atoms with Crippen LogP contribution in [0.15, 0.2) is 29.3 Å². The fourth-order valence-electron chi connectivity index (χ4n) is 2.47. The van der Waals surface area contributed by atoms with Gasteiger partial charge in [-0.25, -0.2) is 0 Å². The highest BCUT2D eigenvalue weighted by Gasteiger charge is 2.33. The number of nitrogens with one attached hydrogen (secondary N) is 2. The van der Waals surface area contributed by atoms with Crippen LogP contribution in [0.1, 0.15) is 18.9 Å². The van der Waals surface area contributed by atoms with Crippen LogP contribution >= 0.6 is 0 Å². The van der Waals surface area contributed by atoms with Crippen LogP contribution in [0.5, 0.6) is 5.75 Å². The summed E-state index contributed by atoms with van der Waals surface area (Å²) in [5, 5.41) is 6.77. The molecule has 0 aromatic heterocycles. The molecule has 102 valence electrons. The van der Waals surface area contributed by atoms with Crippen molar-refractivity contribution in [1.82, 2.24) is 10.6 Å². The Kier molecular flexibility index (Phi) is 3.32. The number of benzene rings is 1. The summed E-state index contributed by atoms with van der Waals surface area (Å²) in [6.07, 6.45) is 2.42. The number of aliphatic imine (C=N–C) groups is 1. The summed E-state index contributed by atoms with van der Waals surface area (Å²) in [4.78, 5) is 4.25. The first-order valence-corrected chi connectivity index (χ1v) is 6.98. The zero-order valence-corrected chi connectivity index (χ0v) is 11.5. The molecule has 0 bridgehead atoms. The summed E-state index contributed by atoms with van der Waals surface area (Å²) in [5.41, 5.74) is 1.30. The van der Waals surface area contributed by atoms with Gasteiger partial charge in [-0.15, -0.1) is 0 Å². The highest BCUT2D eigenvalue weighted by Crippen LogP contribution is 2.29. The fraction of sp³-hybridized carbons (Fsp3) is 0.533. The van der Waals surface area contributed by atoms with E-state index in [0.717, 1.165) is 30.6 Å². The topological polar surface area (TPSA) is 45.7 Å². The molecule has 1 fully saturated rings. The Morgan fingerprint density at radius 3 is 2.89 bits per heavy atom. The van der Waals surface area contributed by atoms with E-state index in [0.29, 0.717) is 6.04 Å². The van der Waals surface area contributed by atoms with Gasteiger partial charge >= 0.3 is 0 Å². The molecule has 0 spiro atoms. The van der Waals surface area contributed by atoms with Crippen molar-refractivity contribution in [3.05, 3.63) is 29.8 Å². The average Bonchev–Trinajstić information content (AvgIpc) is 2.96. The quantitative estimate of drug-likeness (QED) is 0.640. The van der Waals surface area contributed by atoms with Crippen molar-refractivity contribution in [3.8, 4) is 5.75 Å². The molecule has 3 unspecified atom stereocenters. The maximum atomic E-state index is 5.90. The van der Waals surface area contributed by atoms with E-state index in [1.807, 2.05) is 19.2 Å². The van der Waals surface area contributed by atoms with Crippen molar-refractivity contribution in [1.29, 1.82) is 0 Å². The van der Waals surface area contributed by atoms with Gasteiger partial charge in [-0.3, -0.25) is 4.99 Å². The standard InChI is InChI=1S/C15H21N3O/c1-10-7-13(10)18-15(16-2)17-9-12-8-11-5-3-4-6-14(11)19-12/h3-6,10,12-13H,7-9H2,1-2H3,(H2,16,17,18). The average molecular weight is 259 g/mol. The highest BCUT2D eigenvalue weighted by molar-refractivity contribution is 5.80. The summed E-state index contributed by atoms with van der Waals surface area (Å²) in [6, 6.07) is 8.84. The lowest BCUT2D eigenvalue weighted by Gasteiger charge is -2.15. The van der Waals surface area contributed by atoms with Crippen LogP contribution in [0, 0.1) is 5.92 Å². The Morgan fingerprint density at radius 2 is 2.21 bits per heavy atom. The Morgan fingerprint density at radius 1 is 1.42 bits per heavy atom. The molecule has 19 heavy (non-hydrogen) atoms. The Balaban J connectivity index is 1.48. The molecule has 4 nitrogen and oxygen atoms in total. The van der Waals surface area contributed by atoms with Gasteiger partial charge in [0.15, 0.2) is 5.96 Å². The number of hydrogen-bond acceptors (Lipinski definition) is 2. The number of fused-ring (bicyclic) bond motifs is 1. The van der Waals surface area contributed by atoms with Crippen molar-refractivity contribution in [2.24, 2.45) is 10.9 Å². The van der Waals surface area contributed by atoms with Gasteiger partial charge in [0.25, 0.3) is 0 Å². The smallest absolute Gasteiger partial charge is 0.191 e. The molecule has 2 N–H and O–H groups in total. The van der Waals surface area contributed by atoms with Gasteiger partial charge in [-0.05, 0) is 24.0 Å². The maximum absolute atomic E-state index is 5.90. The van der Waals surface area contributed by atoms with Crippen LogP contribution in [0.4, 0.5) is 0 Å². The predicted octanol–water partition coefficient (Wildman–Crippen LogP) is 1.56. The van der Waals surface area contributed by atoms with Gasteiger partial charge in [0.05, 0.1) is 6.54 Å². The molecule has 0 radical (unpaired) electrons. The van der Waals surface area contributed by atoms with Crippen molar-refractivity contribution in [2.75, 3.05) is 13.6 Å². The minimum Gasteiger partial charge on any atom is -0.488 e. The third-order valence-corrected chi connectivity index (χ3v) is 3.87. The summed E-state index contributed by atoms with van der Waals surface area (Å²) in [6.45, 7) is 3.04. The first kappa shape index (κ1) is 12.3. The highest BCUT2D eigenvalue weighted by atomic mass is 16.5. The number of nitrogens with zero attached hydrogens (tertiary/aromatic N) is 1. The zero-order chi connectivity index (χ0) is 13.2. The second-order valence-electron chi connectivity index (χ2n) is 5.47. The lowest BCUT2D eigenvalue weighted by Crippen LogP contribution is -2.43. The summed E-state index contributed by atoms with van der Waals surface area (Å²) in [5.74, 6) is 2.67. The van der Waals surface area contributed by atoms with Gasteiger partial charge in [-0.1, -0.05) is 25.1 Å². The molecule has 1 heterocycles. The molecule has 3 rings (SSSR count). The van der Waals surface area contributed by atoms with E-state index in [2.05, 4.69) is 34.7 Å². The van der Waals surface area contributed by atoms with Crippen molar-refractivity contribution < 1.29 is 4.74 Å². The van der Waals surface area contributed by atoms with E-state index in [1.54, 1.807) is 0 Å². The minimum absolute atomic E-state index is 0.201. The lowest BCUT2D eigenvalue weighted by molar-refractivity contribution is 0.235. The number of hydrogen-bond donors (Lipinski definition) is 2. The first-order valence-electron chi connectivity index (χ1n) is 6.98. The van der Waals surface area contributed by atoms with Crippen LogP contribution < -0.4 is 15.4 Å². The predicted molar refractivity (Wildman–Crippen MR) is 76.6 cm³/mol. The second-order valence-corrected chi connectivity index (χ2v) is 5.47. The third kappa shape index (κ3) is 2.83. The van der Waals surface area contributed by atoms with Crippen LogP contribution in [0.25, 0.3) is 0 Å². The third-order valence-electron chi connectivity index (χ3n) is 3.87. The first-order chi connectivity index (χ1) is 9.26. The van der Waals surface area contributed by atoms with E-state index in [1.165, 1.54) is 12.0 Å². The van der Waals surface area contributed by atoms with E-state index >= 15 is 0 Å². The normalized spacial score (nSPS) is 28.5. The van der Waals surface area contributed by atoms with E-state index in [4.69, 9.17) is 4.74 Å². The van der Waals surface area contributed by atoms with E-state index in [-0.39, 0.29) is 6.10 Å². The molecule has 2 aliphatic rings. The molecule has 1 aromatic carbocycles. The van der Waals surface area contributed by atoms with Crippen molar-refractivity contribution in [3.63, 3.8) is 0 Å². The number of ether oxygens (including phenoxy) is 1. The maximum Gasteiger partial charge on any atom is 0.191 e. The van der Waals surface area contributed by atoms with Gasteiger partial charge in [-0.2, -0.15) is 0 Å². The van der Waals surface area contributed by atoms with Gasteiger partial charge in [0.1, 0.15) is 11.9 Å². The largest absolute Gasteiger partial charge is 0.488 e. The molecule has 1 aromatic rings. The van der Waals surface area contributed by atoms with Gasteiger partial charge < -0.3 is 15.4 Å². The van der Waals surface area contributed by atoms with Crippen molar-refractivity contribution >= 4 is 5.96 Å². The molecule has 1 aliphatic heterocycles. The molecular weight excluding hydrogens is 238 g/mol. The zero-order valence-electron chi connectivity index (χ0n) is 11.5. The molecule has 0 amide bonds. The number of rotatable bonds is 3. The second kappa shape index (κ2) is 5.11. The molecule has 3 atom stereocenters. The fourth-order valence-corrected chi connectivity index (χ4v) is 2.47. The van der Waals surface area contributed by atoms with Gasteiger partial charge in [0, 0.05) is 19.5 Å². The molecular formula is C15H21N3O. The van der Waals surface area contributed by atoms with Crippen molar-refractivity contribution in [2.45, 2.75) is 31.9 Å². The molecule has 1 aliphatic carbocycles. The molecule has 4 heteroatoms. The Labute approximate surface area is 114 Å². The van der Waals surface area contributed by atoms with E-state index in [9.17, 15) is 0 Å². The van der Waals surface area contributed by atoms with Crippen LogP contribution in [0.3, 0.4) is 0 Å². The lowest BCUT2D eigenvalue weighted by atomic mass is 10.1. The van der Waals surface area contributed by atoms with Crippen LogP contribution in [0.2, 0.25) is 0 Å². The number of para-hydroxylation sites is 1. The van der Waals surface area contributed by atoms with E-state index < -0.39 is 0 Å². The minimum atomic E-state index is 0.201. The molecule has 1 saturated carbocycles.